The molecular formula is C17H17FNO2S-. The Kier molecular flexibility index (Phi) is 4.64. The van der Waals surface area contributed by atoms with E-state index in [0.29, 0.717) is 11.5 Å². The van der Waals surface area contributed by atoms with Crippen molar-refractivity contribution in [3.05, 3.63) is 53.5 Å². The molecule has 5 heteroatoms. The highest BCUT2D eigenvalue weighted by Crippen LogP contribution is 2.38. The Balaban J connectivity index is 1.97. The van der Waals surface area contributed by atoms with Gasteiger partial charge in [0.25, 0.3) is 0 Å². The van der Waals surface area contributed by atoms with Crippen LogP contribution in [0.15, 0.2) is 36.5 Å². The molecule has 0 radical (unpaired) electrons. The van der Waals surface area contributed by atoms with Gasteiger partial charge in [0.05, 0.1) is 5.69 Å². The smallest absolute Gasteiger partial charge is 0.127 e. The fraction of sp³-hybridized carbons (Fsp3) is 0.353. The van der Waals surface area contributed by atoms with E-state index < -0.39 is 16.9 Å². The minimum Gasteiger partial charge on any atom is -0.772 e. The van der Waals surface area contributed by atoms with Crippen LogP contribution in [-0.4, -0.2) is 13.7 Å². The Labute approximate surface area is 131 Å². The van der Waals surface area contributed by atoms with Crippen molar-refractivity contribution in [1.82, 2.24) is 4.98 Å². The Hall–Kier alpha value is -1.59. The predicted octanol–water partition coefficient (Wildman–Crippen LogP) is 3.92. The van der Waals surface area contributed by atoms with Crippen LogP contribution in [0.2, 0.25) is 0 Å². The molecule has 1 fully saturated rings. The van der Waals surface area contributed by atoms with Crippen LogP contribution in [0.3, 0.4) is 0 Å². The number of halogens is 1. The van der Waals surface area contributed by atoms with Crippen molar-refractivity contribution in [1.29, 1.82) is 0 Å². The highest BCUT2D eigenvalue weighted by Gasteiger charge is 2.21. The van der Waals surface area contributed by atoms with E-state index in [1.165, 1.54) is 30.5 Å². The first-order chi connectivity index (χ1) is 10.6. The monoisotopic (exact) mass is 318 g/mol. The molecule has 1 aromatic carbocycles. The number of nitrogens with zero attached hydrogens (tertiary/aromatic N) is 1. The predicted molar refractivity (Wildman–Crippen MR) is 83.5 cm³/mol. The average Bonchev–Trinajstić information content (AvgIpc) is 3.03. The zero-order valence-electron chi connectivity index (χ0n) is 12.1. The second kappa shape index (κ2) is 6.67. The van der Waals surface area contributed by atoms with Gasteiger partial charge in [0, 0.05) is 17.5 Å². The number of hydrogen-bond donors (Lipinski definition) is 0. The van der Waals surface area contributed by atoms with E-state index in [9.17, 15) is 13.2 Å². The second-order valence-electron chi connectivity index (χ2n) is 5.68. The molecule has 3 rings (SSSR count). The molecule has 0 saturated heterocycles. The van der Waals surface area contributed by atoms with Crippen LogP contribution >= 0.6 is 0 Å². The van der Waals surface area contributed by atoms with E-state index in [-0.39, 0.29) is 11.3 Å². The molecule has 0 bridgehead atoms. The minimum atomic E-state index is -2.29. The third kappa shape index (κ3) is 3.25. The van der Waals surface area contributed by atoms with Crippen LogP contribution in [0, 0.1) is 5.82 Å². The third-order valence-electron chi connectivity index (χ3n) is 4.23. The highest BCUT2D eigenvalue weighted by molar-refractivity contribution is 7.78. The summed E-state index contributed by atoms with van der Waals surface area (Å²) in [5.74, 6) is -0.311. The van der Waals surface area contributed by atoms with Gasteiger partial charge in [-0.3, -0.25) is 9.19 Å². The lowest BCUT2D eigenvalue weighted by Gasteiger charge is -2.15. The molecule has 0 amide bonds. The lowest BCUT2D eigenvalue weighted by atomic mass is 9.93. The molecule has 2 aromatic rings. The fourth-order valence-corrected chi connectivity index (χ4v) is 3.65. The molecule has 1 saturated carbocycles. The molecule has 116 valence electrons. The molecule has 0 aliphatic heterocycles. The Morgan fingerprint density at radius 1 is 1.27 bits per heavy atom. The summed E-state index contributed by atoms with van der Waals surface area (Å²) in [6.07, 6.45) is 6.46. The van der Waals surface area contributed by atoms with Crippen LogP contribution in [0.4, 0.5) is 4.39 Å². The lowest BCUT2D eigenvalue weighted by molar-refractivity contribution is 0.533. The minimum absolute atomic E-state index is 0.190. The Morgan fingerprint density at radius 2 is 2.05 bits per heavy atom. The number of benzene rings is 1. The molecule has 3 nitrogen and oxygen atoms in total. The molecule has 1 aliphatic rings. The van der Waals surface area contributed by atoms with Gasteiger partial charge in [0.15, 0.2) is 0 Å². The van der Waals surface area contributed by atoms with Crippen molar-refractivity contribution < 1.29 is 13.2 Å². The zero-order chi connectivity index (χ0) is 15.5. The molecule has 22 heavy (non-hydrogen) atoms. The molecular weight excluding hydrogens is 301 g/mol. The summed E-state index contributed by atoms with van der Waals surface area (Å²) in [6, 6.07) is 8.67. The van der Waals surface area contributed by atoms with Crippen LogP contribution in [-0.2, 0) is 16.8 Å². The molecule has 0 spiro atoms. The molecule has 1 unspecified atom stereocenters. The first-order valence-electron chi connectivity index (χ1n) is 7.44. The molecule has 1 aromatic heterocycles. The first-order valence-corrected chi connectivity index (χ1v) is 8.69. The van der Waals surface area contributed by atoms with Crippen LogP contribution in [0.1, 0.15) is 42.7 Å². The van der Waals surface area contributed by atoms with Gasteiger partial charge in [-0.2, -0.15) is 0 Å². The highest BCUT2D eigenvalue weighted by atomic mass is 32.2. The van der Waals surface area contributed by atoms with Gasteiger partial charge in [-0.15, -0.1) is 0 Å². The molecule has 0 N–H and O–H groups in total. The van der Waals surface area contributed by atoms with Crippen molar-refractivity contribution >= 4 is 11.1 Å². The summed E-state index contributed by atoms with van der Waals surface area (Å²) in [7, 11) is 0. The maximum Gasteiger partial charge on any atom is 0.127 e. The van der Waals surface area contributed by atoms with E-state index in [1.807, 2.05) is 6.07 Å². The summed E-state index contributed by atoms with van der Waals surface area (Å²) in [5, 5.41) is 0. The lowest BCUT2D eigenvalue weighted by Crippen LogP contribution is -2.00. The topological polar surface area (TPSA) is 53.0 Å². The van der Waals surface area contributed by atoms with Gasteiger partial charge in [0.1, 0.15) is 5.82 Å². The van der Waals surface area contributed by atoms with Crippen molar-refractivity contribution in [3.8, 4) is 11.3 Å². The number of rotatable bonds is 4. The Bertz CT molecular complexity index is 699. The molecule has 1 atom stereocenters. The quantitative estimate of drug-likeness (QED) is 0.803. The summed E-state index contributed by atoms with van der Waals surface area (Å²) in [4.78, 5) is 4.44. The zero-order valence-corrected chi connectivity index (χ0v) is 12.9. The van der Waals surface area contributed by atoms with E-state index in [1.54, 1.807) is 12.3 Å². The summed E-state index contributed by atoms with van der Waals surface area (Å²) in [5.41, 5.74) is 2.87. The number of hydrogen-bond acceptors (Lipinski definition) is 3. The van der Waals surface area contributed by atoms with E-state index in [2.05, 4.69) is 11.1 Å². The van der Waals surface area contributed by atoms with Gasteiger partial charge in [-0.1, -0.05) is 42.1 Å². The maximum atomic E-state index is 14.1. The van der Waals surface area contributed by atoms with Crippen LogP contribution in [0.25, 0.3) is 11.3 Å². The van der Waals surface area contributed by atoms with Gasteiger partial charge in [-0.05, 0) is 42.0 Å². The standard InChI is InChI=1S/C17H18FNO2S/c18-16-10-13(7-8-14(16)11-22(20)21)17-15(6-3-9-19-17)12-4-1-2-5-12/h3,6-10,12H,1-2,4-5,11H2,(H,20,21)/p-1. The number of aromatic nitrogens is 1. The van der Waals surface area contributed by atoms with E-state index in [0.717, 1.165) is 18.5 Å². The van der Waals surface area contributed by atoms with E-state index >= 15 is 0 Å². The Morgan fingerprint density at radius 3 is 2.73 bits per heavy atom. The van der Waals surface area contributed by atoms with Gasteiger partial charge < -0.3 is 4.55 Å². The summed E-state index contributed by atoms with van der Waals surface area (Å²) >= 11 is -2.29. The first kappa shape index (κ1) is 15.3. The van der Waals surface area contributed by atoms with Crippen molar-refractivity contribution in [2.24, 2.45) is 0 Å². The van der Waals surface area contributed by atoms with Crippen LogP contribution in [0.5, 0.6) is 0 Å². The van der Waals surface area contributed by atoms with Gasteiger partial charge in [-0.25, -0.2) is 4.39 Å². The molecule has 1 heterocycles. The summed E-state index contributed by atoms with van der Waals surface area (Å²) in [6.45, 7) is 0. The fourth-order valence-electron chi connectivity index (χ4n) is 3.16. The normalized spacial score (nSPS) is 16.8. The van der Waals surface area contributed by atoms with Crippen molar-refractivity contribution in [2.75, 3.05) is 0 Å². The summed E-state index contributed by atoms with van der Waals surface area (Å²) < 4.78 is 35.6. The van der Waals surface area contributed by atoms with Crippen LogP contribution < -0.4 is 0 Å². The van der Waals surface area contributed by atoms with Crippen molar-refractivity contribution in [3.63, 3.8) is 0 Å². The second-order valence-corrected chi connectivity index (χ2v) is 6.57. The van der Waals surface area contributed by atoms with Gasteiger partial charge in [0.2, 0.25) is 0 Å². The third-order valence-corrected chi connectivity index (χ3v) is 4.78. The molecule has 1 aliphatic carbocycles. The van der Waals surface area contributed by atoms with Gasteiger partial charge >= 0.3 is 0 Å². The number of pyridine rings is 1. The average molecular weight is 318 g/mol. The maximum absolute atomic E-state index is 14.1. The SMILES string of the molecule is O=S([O-])Cc1ccc(-c2ncccc2C2CCCC2)cc1F. The van der Waals surface area contributed by atoms with Crippen molar-refractivity contribution in [2.45, 2.75) is 37.4 Å². The largest absolute Gasteiger partial charge is 0.772 e. The van der Waals surface area contributed by atoms with E-state index in [4.69, 9.17) is 0 Å².